The number of primary amides is 1. The molecule has 0 aliphatic carbocycles. The summed E-state index contributed by atoms with van der Waals surface area (Å²) >= 11 is 0. The summed E-state index contributed by atoms with van der Waals surface area (Å²) in [5.74, 6) is -7.64. The lowest BCUT2D eigenvalue weighted by Crippen LogP contribution is -2.62. The molecule has 0 unspecified atom stereocenters. The fourth-order valence-electron chi connectivity index (χ4n) is 10.4. The quantitative estimate of drug-likeness (QED) is 0.0129. The Bertz CT molecular complexity index is 3300. The second-order valence-corrected chi connectivity index (χ2v) is 23.8. The highest BCUT2D eigenvalue weighted by molar-refractivity contribution is 5.99. The third kappa shape index (κ3) is 25.3. The van der Waals surface area contributed by atoms with Crippen LogP contribution in [0.5, 0.6) is 0 Å². The monoisotopic (exact) mass is 1300 g/mol. The van der Waals surface area contributed by atoms with Crippen molar-refractivity contribution in [1.29, 1.82) is 0 Å². The topological polar surface area (TPSA) is 501 Å². The Balaban J connectivity index is 1.44. The van der Waals surface area contributed by atoms with Crippen LogP contribution in [0.4, 0.5) is 0 Å². The van der Waals surface area contributed by atoms with Gasteiger partial charge in [0.2, 0.25) is 53.2 Å². The molecule has 9 amide bonds. The summed E-state index contributed by atoms with van der Waals surface area (Å²) in [6, 6.07) is 13.7. The maximum absolute atomic E-state index is 15.0. The van der Waals surface area contributed by atoms with E-state index in [4.69, 9.17) is 40.1 Å². The van der Waals surface area contributed by atoms with Crippen LogP contribution in [0.3, 0.4) is 0 Å². The molecule has 2 heterocycles. The largest absolute Gasteiger partial charge is 0.370 e. The van der Waals surface area contributed by atoms with Crippen molar-refractivity contribution in [3.63, 3.8) is 0 Å². The van der Waals surface area contributed by atoms with Gasteiger partial charge in [0.15, 0.2) is 11.9 Å². The highest BCUT2D eigenvalue weighted by Gasteiger charge is 2.37. The van der Waals surface area contributed by atoms with Crippen molar-refractivity contribution in [1.82, 2.24) is 57.5 Å². The predicted octanol–water partition coefficient (Wildman–Crippen LogP) is -0.819. The first-order valence-corrected chi connectivity index (χ1v) is 31.8. The van der Waals surface area contributed by atoms with Gasteiger partial charge in [-0.15, -0.1) is 0 Å². The van der Waals surface area contributed by atoms with Crippen LogP contribution in [0, 0.1) is 11.8 Å². The number of carbonyl (C=O) groups excluding carboxylic acids is 9. The number of nitrogens with zero attached hydrogens (tertiary/aromatic N) is 3. The van der Waals surface area contributed by atoms with Crippen LogP contribution in [-0.2, 0) is 68.8 Å². The number of hydrogen-bond acceptors (Lipinski definition) is 14. The number of carbonyl (C=O) groups is 9. The summed E-state index contributed by atoms with van der Waals surface area (Å²) in [6.07, 6.45) is 6.47. The van der Waals surface area contributed by atoms with Crippen LogP contribution in [0.1, 0.15) is 108 Å². The lowest BCUT2D eigenvalue weighted by atomic mass is 9.96. The number of nitrogens with two attached hydrogens (primary N) is 7. The molecule has 0 saturated carbocycles. The fraction of sp³-hybridized carbons (Fsp3) is 0.477. The molecule has 510 valence electrons. The van der Waals surface area contributed by atoms with E-state index >= 15 is 9.59 Å². The Morgan fingerprint density at radius 2 is 0.957 bits per heavy atom. The van der Waals surface area contributed by atoms with E-state index in [0.717, 1.165) is 10.9 Å². The van der Waals surface area contributed by atoms with Gasteiger partial charge in [-0.1, -0.05) is 113 Å². The lowest BCUT2D eigenvalue weighted by molar-refractivity contribution is -0.136. The summed E-state index contributed by atoms with van der Waals surface area (Å²) in [4.78, 5) is 147. The number of aliphatic imine (C=N–C) groups is 2. The van der Waals surface area contributed by atoms with E-state index in [1.165, 1.54) is 12.5 Å². The number of H-pyrrole nitrogens is 2. The molecule has 0 fully saturated rings. The molecule has 3 aromatic carbocycles. The third-order valence-electron chi connectivity index (χ3n) is 15.8. The van der Waals surface area contributed by atoms with E-state index in [0.29, 0.717) is 48.1 Å². The SMILES string of the molecule is CC[C@H](C)[C@H](NC(=O)[C@@H](Cc1ccccc1)NC(=O)[C@@H](Cc1c[nH]c2ccccc12)NC(=O)[C@@H](N)CCCN=C(N)N)C(=O)N[C@H](Cc1ccccc1)C(=O)N[C@@H](Cc1cnc[nH]1)C(=O)N[C@@H](CCCCN)C(=O)N[C@@H](CCCN=C(N)N)C(=O)N[C@@H](CC(C)C)C(N)=O. The van der Waals surface area contributed by atoms with Crippen LogP contribution >= 0.6 is 0 Å². The Kier molecular flexibility index (Phi) is 30.9. The van der Waals surface area contributed by atoms with E-state index in [2.05, 4.69) is 67.5 Å². The molecule has 94 heavy (non-hydrogen) atoms. The molecule has 10 atom stereocenters. The zero-order chi connectivity index (χ0) is 68.7. The Labute approximate surface area is 547 Å². The molecule has 5 aromatic rings. The van der Waals surface area contributed by atoms with E-state index < -0.39 is 113 Å². The van der Waals surface area contributed by atoms with E-state index in [1.54, 1.807) is 73.8 Å². The van der Waals surface area contributed by atoms with Crippen LogP contribution in [0.2, 0.25) is 0 Å². The minimum Gasteiger partial charge on any atom is -0.370 e. The number of para-hydroxylation sites is 1. The fourth-order valence-corrected chi connectivity index (χ4v) is 10.4. The van der Waals surface area contributed by atoms with Gasteiger partial charge in [0, 0.05) is 67.8 Å². The molecule has 0 saturated heterocycles. The molecule has 0 spiro atoms. The van der Waals surface area contributed by atoms with E-state index in [-0.39, 0.29) is 95.3 Å². The maximum Gasteiger partial charge on any atom is 0.243 e. The number of rotatable bonds is 41. The Morgan fingerprint density at radius 1 is 0.500 bits per heavy atom. The molecular formula is C65H96N20O9. The average molecular weight is 1300 g/mol. The molecule has 0 aliphatic heterocycles. The van der Waals surface area contributed by atoms with Crippen molar-refractivity contribution in [3.05, 3.63) is 126 Å². The molecule has 0 aliphatic rings. The van der Waals surface area contributed by atoms with Gasteiger partial charge >= 0.3 is 0 Å². The van der Waals surface area contributed by atoms with Gasteiger partial charge < -0.3 is 92.6 Å². The smallest absolute Gasteiger partial charge is 0.243 e. The number of aromatic amines is 2. The van der Waals surface area contributed by atoms with Crippen molar-refractivity contribution in [3.8, 4) is 0 Å². The summed E-state index contributed by atoms with van der Waals surface area (Å²) in [6.45, 7) is 7.85. The van der Waals surface area contributed by atoms with Crippen molar-refractivity contribution in [2.75, 3.05) is 19.6 Å². The van der Waals surface area contributed by atoms with Crippen LogP contribution in [-0.4, -0.2) is 154 Å². The number of benzene rings is 3. The Morgan fingerprint density at radius 3 is 1.47 bits per heavy atom. The number of guanidine groups is 2. The molecule has 29 nitrogen and oxygen atoms in total. The summed E-state index contributed by atoms with van der Waals surface area (Å²) in [7, 11) is 0. The maximum atomic E-state index is 15.0. The molecule has 29 heteroatoms. The number of unbranched alkanes of at least 4 members (excludes halogenated alkanes) is 1. The summed E-state index contributed by atoms with van der Waals surface area (Å²) < 4.78 is 0. The molecule has 0 bridgehead atoms. The first-order valence-electron chi connectivity index (χ1n) is 31.8. The minimum absolute atomic E-state index is 0.0100. The summed E-state index contributed by atoms with van der Waals surface area (Å²) in [5.41, 5.74) is 43.1. The first-order chi connectivity index (χ1) is 45.0. The molecule has 24 N–H and O–H groups in total. The normalized spacial score (nSPS) is 14.4. The van der Waals surface area contributed by atoms with Gasteiger partial charge in [-0.05, 0) is 92.5 Å². The number of fused-ring (bicyclic) bond motifs is 1. The lowest BCUT2D eigenvalue weighted by Gasteiger charge is -2.30. The average Bonchev–Trinajstić information content (AvgIpc) is 1.57. The number of nitrogens with one attached hydrogen (secondary N) is 10. The van der Waals surface area contributed by atoms with Gasteiger partial charge in [0.05, 0.1) is 12.4 Å². The van der Waals surface area contributed by atoms with E-state index in [1.807, 2.05) is 45.0 Å². The van der Waals surface area contributed by atoms with Gasteiger partial charge in [0.1, 0.15) is 48.3 Å². The third-order valence-corrected chi connectivity index (χ3v) is 15.8. The number of aromatic nitrogens is 3. The van der Waals surface area contributed by atoms with Crippen molar-refractivity contribution >= 4 is 76.0 Å². The van der Waals surface area contributed by atoms with Crippen LogP contribution < -0.4 is 82.7 Å². The zero-order valence-electron chi connectivity index (χ0n) is 54.0. The minimum atomic E-state index is -1.43. The van der Waals surface area contributed by atoms with Crippen molar-refractivity contribution in [2.45, 2.75) is 166 Å². The first kappa shape index (κ1) is 74.8. The van der Waals surface area contributed by atoms with Crippen molar-refractivity contribution in [2.24, 2.45) is 62.0 Å². The van der Waals surface area contributed by atoms with E-state index in [9.17, 15) is 33.6 Å². The second kappa shape index (κ2) is 38.8. The second-order valence-electron chi connectivity index (χ2n) is 23.8. The Hall–Kier alpha value is -9.90. The van der Waals surface area contributed by atoms with Gasteiger partial charge in [-0.3, -0.25) is 53.1 Å². The highest BCUT2D eigenvalue weighted by Crippen LogP contribution is 2.21. The molecule has 5 rings (SSSR count). The van der Waals surface area contributed by atoms with Crippen LogP contribution in [0.15, 0.2) is 114 Å². The number of hydrogen-bond donors (Lipinski definition) is 17. The molecule has 2 aromatic heterocycles. The predicted molar refractivity (Wildman–Crippen MR) is 359 cm³/mol. The van der Waals surface area contributed by atoms with Gasteiger partial charge in [0.25, 0.3) is 0 Å². The van der Waals surface area contributed by atoms with Crippen LogP contribution in [0.25, 0.3) is 10.9 Å². The highest BCUT2D eigenvalue weighted by atomic mass is 16.2. The van der Waals surface area contributed by atoms with Crippen molar-refractivity contribution < 1.29 is 43.2 Å². The number of imidazole rings is 1. The van der Waals surface area contributed by atoms with Gasteiger partial charge in [-0.2, -0.15) is 0 Å². The van der Waals surface area contributed by atoms with Gasteiger partial charge in [-0.25, -0.2) is 4.98 Å². The molecule has 0 radical (unpaired) electrons. The number of amides is 9. The zero-order valence-corrected chi connectivity index (χ0v) is 54.0. The molecular weight excluding hydrogens is 1200 g/mol. The standard InChI is InChI=1S/C65H96N20O9/c1-5-39(4)54(85-62(93)51(32-41-20-10-7-11-21-41)82-60(91)52(33-42-35-76-46-24-13-12-22-44(42)46)81-56(87)45(67)23-16-28-74-64(69)70)63(94)84-50(31-40-18-8-6-9-19-40)59(90)83-53(34-43-36-73-37-77-43)61(92)79-47(25-14-15-27-66)57(88)78-48(26-17-29-75-65(71)72)58(89)80-49(55(68)86)30-38(2)3/h6-13,18-22,24,35-39,45,47-54,76H,5,14-17,23,25-34,66-67H2,1-4H3,(H2,68,86)(H,73,77)(H,78,88)(H,79,92)(H,80,89)(H,81,87)(H,82,91)(H,83,90)(H,84,94)(H,85,93)(H4,69,70,74)(H4,71,72,75)/t39-,45-,47-,48-,49-,50+,51+,52+,53-,54-/m0/s1. The summed E-state index contributed by atoms with van der Waals surface area (Å²) in [5, 5.41) is 23.2.